The second-order valence-electron chi connectivity index (χ2n) is 5.02. The quantitative estimate of drug-likeness (QED) is 0.804. The maximum atomic E-state index is 9.05. The third kappa shape index (κ3) is 3.63. The summed E-state index contributed by atoms with van der Waals surface area (Å²) in [5, 5.41) is 12.1. The highest BCUT2D eigenvalue weighted by Gasteiger charge is 2.14. The predicted molar refractivity (Wildman–Crippen MR) is 70.3 cm³/mol. The Bertz CT molecular complexity index is 438. The van der Waals surface area contributed by atoms with Crippen molar-refractivity contribution in [2.75, 3.05) is 6.54 Å². The van der Waals surface area contributed by atoms with Crippen LogP contribution in [0.2, 0.25) is 0 Å². The van der Waals surface area contributed by atoms with E-state index in [2.05, 4.69) is 50.2 Å². The van der Waals surface area contributed by atoms with Crippen molar-refractivity contribution >= 4 is 0 Å². The topological polar surface area (TPSA) is 35.8 Å². The molecule has 0 aromatic heterocycles. The van der Waals surface area contributed by atoms with Gasteiger partial charge in [-0.1, -0.05) is 51.0 Å². The lowest BCUT2D eigenvalue weighted by Gasteiger charge is -2.19. The molecule has 1 aromatic rings. The van der Waals surface area contributed by atoms with Gasteiger partial charge in [-0.25, -0.2) is 0 Å². The highest BCUT2D eigenvalue weighted by molar-refractivity contribution is 5.31. The van der Waals surface area contributed by atoms with Crippen molar-refractivity contribution in [1.82, 2.24) is 5.32 Å². The van der Waals surface area contributed by atoms with Gasteiger partial charge in [0.05, 0.1) is 12.6 Å². The smallest absolute Gasteiger partial charge is 0.122 e. The van der Waals surface area contributed by atoms with Crippen LogP contribution >= 0.6 is 0 Å². The number of terminal acetylenes is 1. The number of rotatable bonds is 3. The van der Waals surface area contributed by atoms with Gasteiger partial charge in [0.25, 0.3) is 0 Å². The van der Waals surface area contributed by atoms with Gasteiger partial charge in [0, 0.05) is 0 Å². The first-order chi connectivity index (χ1) is 7.99. The van der Waals surface area contributed by atoms with Gasteiger partial charge >= 0.3 is 0 Å². The van der Waals surface area contributed by atoms with E-state index >= 15 is 0 Å². The molecule has 1 rings (SSSR count). The minimum Gasteiger partial charge on any atom is -0.287 e. The Hall–Kier alpha value is -1.77. The SMILES string of the molecule is C#CCNC(C#N)c1ccc(C(C)(C)C)cc1. The lowest BCUT2D eigenvalue weighted by atomic mass is 9.86. The number of hydrogen-bond acceptors (Lipinski definition) is 2. The average Bonchev–Trinajstić information content (AvgIpc) is 2.29. The van der Waals surface area contributed by atoms with E-state index in [0.717, 1.165) is 5.56 Å². The first kappa shape index (κ1) is 13.3. The molecule has 0 bridgehead atoms. The van der Waals surface area contributed by atoms with Crippen molar-refractivity contribution in [3.63, 3.8) is 0 Å². The third-order valence-corrected chi connectivity index (χ3v) is 2.65. The molecular formula is C15H18N2. The normalized spacial score (nSPS) is 12.5. The second kappa shape index (κ2) is 5.53. The number of nitriles is 1. The molecule has 0 aliphatic carbocycles. The summed E-state index contributed by atoms with van der Waals surface area (Å²) in [5.41, 5.74) is 2.35. The molecule has 0 radical (unpaired) electrons. The van der Waals surface area contributed by atoms with E-state index in [1.165, 1.54) is 5.56 Å². The fourth-order valence-electron chi connectivity index (χ4n) is 1.57. The molecule has 0 heterocycles. The van der Waals surface area contributed by atoms with E-state index < -0.39 is 0 Å². The van der Waals surface area contributed by atoms with E-state index in [1.54, 1.807) is 0 Å². The Kier molecular flexibility index (Phi) is 4.32. The molecule has 0 fully saturated rings. The van der Waals surface area contributed by atoms with Crippen molar-refractivity contribution in [2.45, 2.75) is 32.2 Å². The predicted octanol–water partition coefficient (Wildman–Crippen LogP) is 2.77. The Balaban J connectivity index is 2.87. The van der Waals surface area contributed by atoms with Crippen molar-refractivity contribution in [2.24, 2.45) is 0 Å². The van der Waals surface area contributed by atoms with Crippen LogP contribution in [-0.2, 0) is 5.41 Å². The summed E-state index contributed by atoms with van der Waals surface area (Å²) in [7, 11) is 0. The molecule has 17 heavy (non-hydrogen) atoms. The molecule has 0 saturated heterocycles. The van der Waals surface area contributed by atoms with Crippen molar-refractivity contribution in [3.05, 3.63) is 35.4 Å². The van der Waals surface area contributed by atoms with Crippen LogP contribution in [0.1, 0.15) is 37.9 Å². The lowest BCUT2D eigenvalue weighted by molar-refractivity contribution is 0.589. The fraction of sp³-hybridized carbons (Fsp3) is 0.400. The van der Waals surface area contributed by atoms with Crippen LogP contribution in [-0.4, -0.2) is 6.54 Å². The van der Waals surface area contributed by atoms with E-state index in [-0.39, 0.29) is 11.5 Å². The molecule has 1 atom stereocenters. The minimum atomic E-state index is -0.333. The van der Waals surface area contributed by atoms with Gasteiger partial charge in [-0.2, -0.15) is 5.26 Å². The second-order valence-corrected chi connectivity index (χ2v) is 5.02. The van der Waals surface area contributed by atoms with Crippen molar-refractivity contribution < 1.29 is 0 Å². The average molecular weight is 226 g/mol. The lowest BCUT2D eigenvalue weighted by Crippen LogP contribution is -2.20. The Morgan fingerprint density at radius 2 is 1.88 bits per heavy atom. The number of nitrogens with zero attached hydrogens (tertiary/aromatic N) is 1. The van der Waals surface area contributed by atoms with Gasteiger partial charge in [-0.3, -0.25) is 5.32 Å². The number of hydrogen-bond donors (Lipinski definition) is 1. The summed E-state index contributed by atoms with van der Waals surface area (Å²) < 4.78 is 0. The summed E-state index contributed by atoms with van der Waals surface area (Å²) in [6.07, 6.45) is 5.17. The zero-order valence-electron chi connectivity index (χ0n) is 10.6. The first-order valence-corrected chi connectivity index (χ1v) is 5.66. The standard InChI is InChI=1S/C15H18N2/c1-5-10-17-14(11-16)12-6-8-13(9-7-12)15(2,3)4/h1,6-9,14,17H,10H2,2-4H3. The van der Waals surface area contributed by atoms with Crippen LogP contribution in [0.5, 0.6) is 0 Å². The molecular weight excluding hydrogens is 208 g/mol. The van der Waals surface area contributed by atoms with Crippen LogP contribution < -0.4 is 5.32 Å². The summed E-state index contributed by atoms with van der Waals surface area (Å²) >= 11 is 0. The van der Waals surface area contributed by atoms with E-state index in [9.17, 15) is 0 Å². The number of benzene rings is 1. The molecule has 1 unspecified atom stereocenters. The summed E-state index contributed by atoms with van der Waals surface area (Å²) in [5.74, 6) is 2.48. The molecule has 2 heteroatoms. The van der Waals surface area contributed by atoms with Crippen LogP contribution in [0.15, 0.2) is 24.3 Å². The largest absolute Gasteiger partial charge is 0.287 e. The number of nitrogens with one attached hydrogen (secondary N) is 1. The highest BCUT2D eigenvalue weighted by atomic mass is 14.9. The highest BCUT2D eigenvalue weighted by Crippen LogP contribution is 2.23. The zero-order valence-corrected chi connectivity index (χ0v) is 10.6. The summed E-state index contributed by atoms with van der Waals surface area (Å²) in [6.45, 7) is 6.90. The van der Waals surface area contributed by atoms with Crippen LogP contribution in [0.25, 0.3) is 0 Å². The van der Waals surface area contributed by atoms with E-state index in [4.69, 9.17) is 11.7 Å². The van der Waals surface area contributed by atoms with E-state index in [1.807, 2.05) is 12.1 Å². The maximum absolute atomic E-state index is 9.05. The minimum absolute atomic E-state index is 0.132. The molecule has 0 spiro atoms. The fourth-order valence-corrected chi connectivity index (χ4v) is 1.57. The van der Waals surface area contributed by atoms with Gasteiger partial charge in [0.1, 0.15) is 6.04 Å². The Morgan fingerprint density at radius 3 is 2.29 bits per heavy atom. The Labute approximate surface area is 104 Å². The van der Waals surface area contributed by atoms with Gasteiger partial charge < -0.3 is 0 Å². The molecule has 88 valence electrons. The van der Waals surface area contributed by atoms with Crippen LogP contribution in [0.3, 0.4) is 0 Å². The Morgan fingerprint density at radius 1 is 1.29 bits per heavy atom. The van der Waals surface area contributed by atoms with Gasteiger partial charge in [-0.15, -0.1) is 6.42 Å². The molecule has 0 amide bonds. The zero-order chi connectivity index (χ0) is 12.9. The maximum Gasteiger partial charge on any atom is 0.122 e. The monoisotopic (exact) mass is 226 g/mol. The molecule has 0 aliphatic rings. The van der Waals surface area contributed by atoms with Crippen molar-refractivity contribution in [1.29, 1.82) is 5.26 Å². The first-order valence-electron chi connectivity index (χ1n) is 5.66. The molecule has 0 saturated carbocycles. The van der Waals surface area contributed by atoms with E-state index in [0.29, 0.717) is 6.54 Å². The third-order valence-electron chi connectivity index (χ3n) is 2.65. The summed E-state index contributed by atoms with van der Waals surface area (Å²) in [6, 6.07) is 9.97. The van der Waals surface area contributed by atoms with Gasteiger partial charge in [-0.05, 0) is 16.5 Å². The van der Waals surface area contributed by atoms with Gasteiger partial charge in [0.2, 0.25) is 0 Å². The molecule has 0 aliphatic heterocycles. The molecule has 2 nitrogen and oxygen atoms in total. The van der Waals surface area contributed by atoms with Crippen LogP contribution in [0.4, 0.5) is 0 Å². The van der Waals surface area contributed by atoms with Crippen molar-refractivity contribution in [3.8, 4) is 18.4 Å². The molecule has 1 N–H and O–H groups in total. The van der Waals surface area contributed by atoms with Crippen LogP contribution in [0, 0.1) is 23.7 Å². The molecule has 1 aromatic carbocycles. The summed E-state index contributed by atoms with van der Waals surface area (Å²) in [4.78, 5) is 0. The van der Waals surface area contributed by atoms with Gasteiger partial charge in [0.15, 0.2) is 0 Å².